The molecule has 1 aromatic rings. The Kier molecular flexibility index (Phi) is 3.66. The summed E-state index contributed by atoms with van der Waals surface area (Å²) < 4.78 is 0. The van der Waals surface area contributed by atoms with Gasteiger partial charge in [-0.25, -0.2) is 0 Å². The molecule has 0 aliphatic heterocycles. The molecule has 86 valence electrons. The molecular weight excluding hydrogens is 208 g/mol. The highest BCUT2D eigenvalue weighted by molar-refractivity contribution is 5.71. The van der Waals surface area contributed by atoms with E-state index in [1.807, 2.05) is 0 Å². The predicted octanol–water partition coefficient (Wildman–Crippen LogP) is -1.11. The average Bonchev–Trinajstić information content (AvgIpc) is 2.11. The molecular formula is C12H12O4-2. The summed E-state index contributed by atoms with van der Waals surface area (Å²) in [4.78, 5) is 21.0. The predicted molar refractivity (Wildman–Crippen MR) is 53.3 cm³/mol. The second-order valence-electron chi connectivity index (χ2n) is 3.80. The number of hydrogen-bond acceptors (Lipinski definition) is 4. The zero-order chi connectivity index (χ0) is 12.3. The molecule has 0 saturated carbocycles. The highest BCUT2D eigenvalue weighted by Crippen LogP contribution is 2.17. The van der Waals surface area contributed by atoms with Gasteiger partial charge in [-0.15, -0.1) is 0 Å². The molecule has 4 heteroatoms. The van der Waals surface area contributed by atoms with Gasteiger partial charge in [0.05, 0.1) is 0 Å². The van der Waals surface area contributed by atoms with Crippen molar-refractivity contribution in [3.63, 3.8) is 0 Å². The van der Waals surface area contributed by atoms with Crippen LogP contribution in [0.25, 0.3) is 0 Å². The quantitative estimate of drug-likeness (QED) is 0.644. The van der Waals surface area contributed by atoms with E-state index in [0.29, 0.717) is 11.1 Å². The van der Waals surface area contributed by atoms with Crippen LogP contribution in [-0.4, -0.2) is 11.9 Å². The first-order chi connectivity index (χ1) is 7.40. The summed E-state index contributed by atoms with van der Waals surface area (Å²) in [6.07, 6.45) is -0.309. The Bertz CT molecular complexity index is 393. The molecule has 0 saturated heterocycles. The molecule has 0 N–H and O–H groups in total. The minimum atomic E-state index is -1.14. The Balaban J connectivity index is 3.06. The second-order valence-corrected chi connectivity index (χ2v) is 3.80. The van der Waals surface area contributed by atoms with Crippen molar-refractivity contribution in [2.75, 3.05) is 0 Å². The van der Waals surface area contributed by atoms with Crippen LogP contribution in [0.4, 0.5) is 0 Å². The van der Waals surface area contributed by atoms with E-state index < -0.39 is 11.9 Å². The number of aryl methyl sites for hydroxylation is 2. The molecule has 0 fully saturated rings. The van der Waals surface area contributed by atoms with E-state index >= 15 is 0 Å². The third-order valence-electron chi connectivity index (χ3n) is 2.46. The van der Waals surface area contributed by atoms with Crippen LogP contribution in [0.5, 0.6) is 0 Å². The van der Waals surface area contributed by atoms with Gasteiger partial charge in [-0.1, -0.05) is 12.1 Å². The number of carbonyl (C=O) groups is 2. The van der Waals surface area contributed by atoms with Crippen LogP contribution in [0.15, 0.2) is 12.1 Å². The van der Waals surface area contributed by atoms with Gasteiger partial charge in [0.25, 0.3) is 0 Å². The molecule has 1 rings (SSSR count). The van der Waals surface area contributed by atoms with E-state index in [1.54, 1.807) is 26.0 Å². The third-order valence-corrected chi connectivity index (χ3v) is 2.46. The van der Waals surface area contributed by atoms with Gasteiger partial charge in [0.15, 0.2) is 0 Å². The zero-order valence-electron chi connectivity index (χ0n) is 9.20. The highest BCUT2D eigenvalue weighted by Gasteiger charge is 2.05. The van der Waals surface area contributed by atoms with Gasteiger partial charge in [-0.2, -0.15) is 0 Å². The number of benzene rings is 1. The van der Waals surface area contributed by atoms with Crippen LogP contribution >= 0.6 is 0 Å². The average molecular weight is 220 g/mol. The van der Waals surface area contributed by atoms with Gasteiger partial charge in [0.2, 0.25) is 0 Å². The van der Waals surface area contributed by atoms with Crippen LogP contribution in [0.3, 0.4) is 0 Å². The summed E-state index contributed by atoms with van der Waals surface area (Å²) in [5.41, 5.74) is 2.82. The van der Waals surface area contributed by atoms with Crippen molar-refractivity contribution in [1.82, 2.24) is 0 Å². The molecule has 0 heterocycles. The van der Waals surface area contributed by atoms with E-state index in [9.17, 15) is 19.8 Å². The van der Waals surface area contributed by atoms with Crippen molar-refractivity contribution in [3.05, 3.63) is 34.4 Å². The van der Waals surface area contributed by atoms with Gasteiger partial charge in [0, 0.05) is 24.8 Å². The maximum Gasteiger partial charge on any atom is 0.0458 e. The molecule has 16 heavy (non-hydrogen) atoms. The van der Waals surface area contributed by atoms with Crippen molar-refractivity contribution in [3.8, 4) is 0 Å². The lowest BCUT2D eigenvalue weighted by Crippen LogP contribution is -2.26. The normalized spacial score (nSPS) is 10.1. The van der Waals surface area contributed by atoms with E-state index in [4.69, 9.17) is 0 Å². The fourth-order valence-electron chi connectivity index (χ4n) is 1.63. The molecule has 0 atom stereocenters. The lowest BCUT2D eigenvalue weighted by Gasteiger charge is -2.13. The summed E-state index contributed by atoms with van der Waals surface area (Å²) in [6, 6.07) is 3.37. The lowest BCUT2D eigenvalue weighted by molar-refractivity contribution is -0.306. The Hall–Kier alpha value is -1.84. The fraction of sp³-hybridized carbons (Fsp3) is 0.333. The number of aliphatic carboxylic acids is 2. The van der Waals surface area contributed by atoms with Gasteiger partial charge in [0.1, 0.15) is 0 Å². The van der Waals surface area contributed by atoms with E-state index in [1.165, 1.54) is 0 Å². The topological polar surface area (TPSA) is 80.3 Å². The highest BCUT2D eigenvalue weighted by atomic mass is 16.4. The Morgan fingerprint density at radius 2 is 1.25 bits per heavy atom. The molecule has 0 unspecified atom stereocenters. The Morgan fingerprint density at radius 3 is 1.50 bits per heavy atom. The number of carboxylic acid groups (broad SMARTS) is 2. The van der Waals surface area contributed by atoms with Crippen molar-refractivity contribution in [2.24, 2.45) is 0 Å². The third kappa shape index (κ3) is 3.08. The van der Waals surface area contributed by atoms with Crippen molar-refractivity contribution in [1.29, 1.82) is 0 Å². The monoisotopic (exact) mass is 220 g/mol. The van der Waals surface area contributed by atoms with Crippen LogP contribution in [0, 0.1) is 13.8 Å². The molecule has 0 amide bonds. The largest absolute Gasteiger partial charge is 0.550 e. The van der Waals surface area contributed by atoms with Crippen molar-refractivity contribution < 1.29 is 19.8 Å². The SMILES string of the molecule is Cc1cc(CC(=O)[O-])c(C)cc1CC(=O)[O-]. The van der Waals surface area contributed by atoms with Crippen LogP contribution in [0.1, 0.15) is 22.3 Å². The van der Waals surface area contributed by atoms with E-state index in [-0.39, 0.29) is 12.8 Å². The maximum absolute atomic E-state index is 10.5. The molecule has 0 aliphatic rings. The summed E-state index contributed by atoms with van der Waals surface area (Å²) in [6.45, 7) is 3.49. The first-order valence-electron chi connectivity index (χ1n) is 4.89. The fourth-order valence-corrected chi connectivity index (χ4v) is 1.63. The molecule has 0 spiro atoms. The van der Waals surface area contributed by atoms with Crippen LogP contribution < -0.4 is 10.2 Å². The summed E-state index contributed by atoms with van der Waals surface area (Å²) >= 11 is 0. The number of rotatable bonds is 4. The minimum Gasteiger partial charge on any atom is -0.550 e. The van der Waals surface area contributed by atoms with Crippen molar-refractivity contribution >= 4 is 11.9 Å². The van der Waals surface area contributed by atoms with Gasteiger partial charge in [-0.3, -0.25) is 0 Å². The lowest BCUT2D eigenvalue weighted by atomic mass is 9.96. The molecule has 0 radical (unpaired) electrons. The smallest absolute Gasteiger partial charge is 0.0458 e. The van der Waals surface area contributed by atoms with E-state index in [2.05, 4.69) is 0 Å². The number of carbonyl (C=O) groups excluding carboxylic acids is 2. The molecule has 1 aromatic carbocycles. The number of hydrogen-bond donors (Lipinski definition) is 0. The van der Waals surface area contributed by atoms with Gasteiger partial charge in [-0.05, 0) is 36.1 Å². The first-order valence-corrected chi connectivity index (χ1v) is 4.89. The van der Waals surface area contributed by atoms with Crippen LogP contribution in [0.2, 0.25) is 0 Å². The maximum atomic E-state index is 10.5. The summed E-state index contributed by atoms with van der Waals surface area (Å²) in [5.74, 6) is -2.29. The summed E-state index contributed by atoms with van der Waals surface area (Å²) in [7, 11) is 0. The molecule has 0 aromatic heterocycles. The first kappa shape index (κ1) is 12.2. The Labute approximate surface area is 93.5 Å². The zero-order valence-corrected chi connectivity index (χ0v) is 9.20. The minimum absolute atomic E-state index is 0.154. The molecule has 0 aliphatic carbocycles. The molecule has 4 nitrogen and oxygen atoms in total. The van der Waals surface area contributed by atoms with Gasteiger partial charge >= 0.3 is 0 Å². The standard InChI is InChI=1S/C12H14O4/c1-7-3-10(6-12(15)16)8(2)4-9(7)5-11(13)14/h3-4H,5-6H2,1-2H3,(H,13,14)(H,15,16)/p-2. The number of carboxylic acids is 2. The second kappa shape index (κ2) is 4.79. The van der Waals surface area contributed by atoms with E-state index in [0.717, 1.165) is 11.1 Å². The molecule has 0 bridgehead atoms. The van der Waals surface area contributed by atoms with Crippen LogP contribution in [-0.2, 0) is 22.4 Å². The summed E-state index contributed by atoms with van der Waals surface area (Å²) in [5, 5.41) is 21.0. The van der Waals surface area contributed by atoms with Crippen molar-refractivity contribution in [2.45, 2.75) is 26.7 Å². The van der Waals surface area contributed by atoms with Gasteiger partial charge < -0.3 is 19.8 Å². The Morgan fingerprint density at radius 1 is 0.938 bits per heavy atom.